The number of hydrogen-bond donors (Lipinski definition) is 1. The molecule has 0 spiro atoms. The molecule has 0 aromatic rings. The van der Waals surface area contributed by atoms with Gasteiger partial charge in [-0.15, -0.1) is 0 Å². The van der Waals surface area contributed by atoms with E-state index in [1.54, 1.807) is 0 Å². The van der Waals surface area contributed by atoms with Gasteiger partial charge in [0.25, 0.3) is 0 Å². The van der Waals surface area contributed by atoms with Crippen LogP contribution in [0.1, 0.15) is 58.8 Å². The average Bonchev–Trinajstić information content (AvgIpc) is 2.28. The number of hydrogen-bond acceptors (Lipinski definition) is 1. The summed E-state index contributed by atoms with van der Waals surface area (Å²) in [6.45, 7) is 6.90. The molecule has 0 aromatic heterocycles. The molecule has 2 rings (SSSR count). The van der Waals surface area contributed by atoms with Gasteiger partial charge in [0, 0.05) is 19.0 Å². The molecule has 2 nitrogen and oxygen atoms in total. The van der Waals surface area contributed by atoms with E-state index >= 15 is 0 Å². The third kappa shape index (κ3) is 2.78. The van der Waals surface area contributed by atoms with Gasteiger partial charge in [-0.1, -0.05) is 33.1 Å². The molecule has 1 aliphatic heterocycles. The number of nitrogens with one attached hydrogen (secondary N) is 1. The number of likely N-dealkylation sites (tertiary alicyclic amines) is 1. The molecule has 2 fully saturated rings. The minimum Gasteiger partial charge on any atom is -0.360 e. The summed E-state index contributed by atoms with van der Waals surface area (Å²) in [4.78, 5) is 2.36. The van der Waals surface area contributed by atoms with Crippen molar-refractivity contribution in [1.82, 2.24) is 4.90 Å². The molecule has 2 aliphatic rings. The van der Waals surface area contributed by atoms with E-state index in [0.29, 0.717) is 11.3 Å². The van der Waals surface area contributed by atoms with Gasteiger partial charge in [-0.3, -0.25) is 5.41 Å². The van der Waals surface area contributed by atoms with E-state index in [2.05, 4.69) is 18.7 Å². The summed E-state index contributed by atoms with van der Waals surface area (Å²) in [7, 11) is 0. The van der Waals surface area contributed by atoms with Gasteiger partial charge >= 0.3 is 0 Å². The van der Waals surface area contributed by atoms with Crippen LogP contribution in [0.5, 0.6) is 0 Å². The van der Waals surface area contributed by atoms with Crippen molar-refractivity contribution < 1.29 is 0 Å². The molecule has 1 aliphatic carbocycles. The molecule has 1 N–H and O–H groups in total. The first kappa shape index (κ1) is 11.9. The number of piperidine rings is 1. The molecular weight excluding hydrogens is 196 g/mol. The van der Waals surface area contributed by atoms with Gasteiger partial charge in [0.2, 0.25) is 0 Å². The van der Waals surface area contributed by atoms with Gasteiger partial charge in [-0.2, -0.15) is 0 Å². The number of rotatable bonds is 1. The van der Waals surface area contributed by atoms with E-state index in [-0.39, 0.29) is 0 Å². The summed E-state index contributed by atoms with van der Waals surface area (Å²) in [6.07, 6.45) is 9.17. The summed E-state index contributed by atoms with van der Waals surface area (Å²) >= 11 is 0. The van der Waals surface area contributed by atoms with Crippen molar-refractivity contribution in [2.45, 2.75) is 58.8 Å². The van der Waals surface area contributed by atoms with E-state index in [9.17, 15) is 0 Å². The van der Waals surface area contributed by atoms with Crippen LogP contribution < -0.4 is 0 Å². The van der Waals surface area contributed by atoms with Crippen molar-refractivity contribution in [2.75, 3.05) is 13.1 Å². The molecule has 0 bridgehead atoms. The van der Waals surface area contributed by atoms with E-state index in [1.807, 2.05) is 0 Å². The smallest absolute Gasteiger partial charge is 0.0989 e. The van der Waals surface area contributed by atoms with Crippen molar-refractivity contribution in [3.63, 3.8) is 0 Å². The summed E-state index contributed by atoms with van der Waals surface area (Å²) in [5.74, 6) is 1.52. The fraction of sp³-hybridized carbons (Fsp3) is 0.929. The molecule has 0 aromatic carbocycles. The lowest BCUT2D eigenvalue weighted by atomic mass is 9.82. The first-order chi connectivity index (χ1) is 7.58. The van der Waals surface area contributed by atoms with E-state index in [0.717, 1.165) is 18.9 Å². The minimum atomic E-state index is 0.416. The highest BCUT2D eigenvalue weighted by Crippen LogP contribution is 2.32. The lowest BCUT2D eigenvalue weighted by Gasteiger charge is -2.41. The molecular formula is C14H26N2. The Hall–Kier alpha value is -0.530. The van der Waals surface area contributed by atoms with Crippen LogP contribution in [-0.4, -0.2) is 23.8 Å². The zero-order chi connectivity index (χ0) is 11.6. The van der Waals surface area contributed by atoms with E-state index < -0.39 is 0 Å². The fourth-order valence-corrected chi connectivity index (χ4v) is 3.26. The highest BCUT2D eigenvalue weighted by molar-refractivity contribution is 5.81. The fourth-order valence-electron chi connectivity index (χ4n) is 3.26. The Morgan fingerprint density at radius 1 is 1.12 bits per heavy atom. The topological polar surface area (TPSA) is 27.1 Å². The predicted octanol–water partition coefficient (Wildman–Crippen LogP) is 3.67. The van der Waals surface area contributed by atoms with Crippen molar-refractivity contribution >= 4 is 5.84 Å². The Bertz CT molecular complexity index is 251. The maximum Gasteiger partial charge on any atom is 0.0989 e. The van der Waals surface area contributed by atoms with Crippen LogP contribution in [-0.2, 0) is 0 Å². The van der Waals surface area contributed by atoms with Crippen LogP contribution in [0.4, 0.5) is 0 Å². The zero-order valence-corrected chi connectivity index (χ0v) is 10.9. The maximum atomic E-state index is 8.38. The molecule has 1 saturated carbocycles. The van der Waals surface area contributed by atoms with Gasteiger partial charge in [0.05, 0.1) is 5.84 Å². The standard InChI is InChI=1S/C14H26N2/c1-14(2)9-6-10-16(11-14)13(15)12-7-4-3-5-8-12/h12,15H,3-11H2,1-2H3. The molecule has 16 heavy (non-hydrogen) atoms. The van der Waals surface area contributed by atoms with Crippen LogP contribution in [0.2, 0.25) is 0 Å². The number of amidine groups is 1. The second-order valence-corrected chi connectivity index (χ2v) is 6.41. The molecule has 92 valence electrons. The second-order valence-electron chi connectivity index (χ2n) is 6.41. The molecule has 0 atom stereocenters. The summed E-state index contributed by atoms with van der Waals surface area (Å²) in [6, 6.07) is 0. The summed E-state index contributed by atoms with van der Waals surface area (Å²) in [5.41, 5.74) is 0.416. The highest BCUT2D eigenvalue weighted by atomic mass is 15.2. The Kier molecular flexibility index (Phi) is 3.56. The molecule has 1 saturated heterocycles. The van der Waals surface area contributed by atoms with Crippen LogP contribution in [0.3, 0.4) is 0 Å². The van der Waals surface area contributed by atoms with Crippen LogP contribution >= 0.6 is 0 Å². The van der Waals surface area contributed by atoms with Gasteiger partial charge in [-0.25, -0.2) is 0 Å². The monoisotopic (exact) mass is 222 g/mol. The predicted molar refractivity (Wildman–Crippen MR) is 68.9 cm³/mol. The van der Waals surface area contributed by atoms with Crippen LogP contribution in [0.25, 0.3) is 0 Å². The van der Waals surface area contributed by atoms with Gasteiger partial charge in [0.15, 0.2) is 0 Å². The Labute approximate surface area is 99.9 Å². The lowest BCUT2D eigenvalue weighted by molar-refractivity contribution is 0.169. The normalized spacial score (nSPS) is 26.8. The first-order valence-electron chi connectivity index (χ1n) is 6.92. The van der Waals surface area contributed by atoms with Crippen molar-refractivity contribution in [3.8, 4) is 0 Å². The van der Waals surface area contributed by atoms with E-state index in [1.165, 1.54) is 44.9 Å². The third-order valence-corrected chi connectivity index (χ3v) is 4.23. The minimum absolute atomic E-state index is 0.416. The third-order valence-electron chi connectivity index (χ3n) is 4.23. The van der Waals surface area contributed by atoms with Crippen molar-refractivity contribution in [3.05, 3.63) is 0 Å². The van der Waals surface area contributed by atoms with Crippen LogP contribution in [0.15, 0.2) is 0 Å². The maximum absolute atomic E-state index is 8.38. The Balaban J connectivity index is 1.93. The zero-order valence-electron chi connectivity index (χ0n) is 10.9. The van der Waals surface area contributed by atoms with Gasteiger partial charge in [0.1, 0.15) is 0 Å². The second kappa shape index (κ2) is 4.77. The largest absolute Gasteiger partial charge is 0.360 e. The average molecular weight is 222 g/mol. The van der Waals surface area contributed by atoms with Crippen molar-refractivity contribution in [1.29, 1.82) is 5.41 Å². The molecule has 0 amide bonds. The summed E-state index contributed by atoms with van der Waals surface area (Å²) in [5, 5.41) is 8.38. The SMILES string of the molecule is CC1(C)CCCN(C(=N)C2CCCCC2)C1. The molecule has 1 heterocycles. The van der Waals surface area contributed by atoms with E-state index in [4.69, 9.17) is 5.41 Å². The first-order valence-corrected chi connectivity index (χ1v) is 6.92. The van der Waals surface area contributed by atoms with Gasteiger partial charge in [-0.05, 0) is 31.1 Å². The molecule has 2 heteroatoms. The highest BCUT2D eigenvalue weighted by Gasteiger charge is 2.30. The van der Waals surface area contributed by atoms with Gasteiger partial charge < -0.3 is 4.90 Å². The quantitative estimate of drug-likeness (QED) is 0.532. The molecule has 0 radical (unpaired) electrons. The van der Waals surface area contributed by atoms with Crippen LogP contribution in [0, 0.1) is 16.7 Å². The lowest BCUT2D eigenvalue weighted by Crippen LogP contribution is -2.46. The molecule has 0 unspecified atom stereocenters. The summed E-state index contributed by atoms with van der Waals surface area (Å²) < 4.78 is 0. The Morgan fingerprint density at radius 3 is 2.44 bits per heavy atom. The number of nitrogens with zero attached hydrogens (tertiary/aromatic N) is 1. The Morgan fingerprint density at radius 2 is 1.81 bits per heavy atom. The van der Waals surface area contributed by atoms with Crippen molar-refractivity contribution in [2.24, 2.45) is 11.3 Å².